The van der Waals surface area contributed by atoms with Crippen LogP contribution in [0.3, 0.4) is 0 Å². The quantitative estimate of drug-likeness (QED) is 0.890. The van der Waals surface area contributed by atoms with Crippen molar-refractivity contribution in [3.05, 3.63) is 47.5 Å². The normalized spacial score (nSPS) is 18.6. The average molecular weight is 283 g/mol. The molecule has 106 valence electrons. The first-order chi connectivity index (χ1) is 9.54. The van der Waals surface area contributed by atoms with Crippen molar-refractivity contribution in [2.75, 3.05) is 6.54 Å². The maximum absolute atomic E-state index is 12.5. The molecule has 0 aliphatic carbocycles. The van der Waals surface area contributed by atoms with Crippen molar-refractivity contribution in [2.24, 2.45) is 0 Å². The van der Waals surface area contributed by atoms with Gasteiger partial charge in [-0.15, -0.1) is 13.2 Å². The van der Waals surface area contributed by atoms with Crippen LogP contribution in [0, 0.1) is 0 Å². The van der Waals surface area contributed by atoms with Crippen molar-refractivity contribution < 1.29 is 17.9 Å². The van der Waals surface area contributed by atoms with Gasteiger partial charge in [0, 0.05) is 24.2 Å². The molecular formula is C13H12F3N3O. The van der Waals surface area contributed by atoms with Crippen LogP contribution in [0.2, 0.25) is 0 Å². The highest BCUT2D eigenvalue weighted by molar-refractivity contribution is 5.42. The molecule has 0 bridgehead atoms. The standard InChI is InChI=1S/C13H12F3N3O/c14-13(15,16)20-10-4-2-1-3-8(10)11-12-9(5-6-17-11)18-7-19-12/h1-4,7,11,17H,5-6H2,(H,18,19)/t11-/m1/s1. The summed E-state index contributed by atoms with van der Waals surface area (Å²) in [4.78, 5) is 7.21. The Bertz CT molecular complexity index is 609. The van der Waals surface area contributed by atoms with Crippen molar-refractivity contribution in [3.63, 3.8) is 0 Å². The van der Waals surface area contributed by atoms with Gasteiger partial charge in [0.1, 0.15) is 5.75 Å². The van der Waals surface area contributed by atoms with Gasteiger partial charge in [0.15, 0.2) is 0 Å². The first-order valence-electron chi connectivity index (χ1n) is 6.15. The monoisotopic (exact) mass is 283 g/mol. The lowest BCUT2D eigenvalue weighted by Gasteiger charge is -2.25. The third-order valence-corrected chi connectivity index (χ3v) is 3.20. The number of hydrogen-bond acceptors (Lipinski definition) is 3. The number of nitrogens with zero attached hydrogens (tertiary/aromatic N) is 1. The topological polar surface area (TPSA) is 49.9 Å². The maximum atomic E-state index is 12.5. The molecule has 0 unspecified atom stereocenters. The summed E-state index contributed by atoms with van der Waals surface area (Å²) in [7, 11) is 0. The van der Waals surface area contributed by atoms with Crippen molar-refractivity contribution in [1.82, 2.24) is 15.3 Å². The van der Waals surface area contributed by atoms with E-state index in [1.165, 1.54) is 12.1 Å². The molecule has 2 aromatic rings. The molecule has 1 atom stereocenters. The summed E-state index contributed by atoms with van der Waals surface area (Å²) in [6.07, 6.45) is -2.38. The number of ether oxygens (including phenoxy) is 1. The SMILES string of the molecule is FC(F)(F)Oc1ccccc1[C@H]1NCCc2[nH]cnc21. The van der Waals surface area contributed by atoms with Gasteiger partial charge in [-0.05, 0) is 6.07 Å². The van der Waals surface area contributed by atoms with Gasteiger partial charge in [-0.3, -0.25) is 0 Å². The maximum Gasteiger partial charge on any atom is 0.573 e. The molecule has 0 fully saturated rings. The van der Waals surface area contributed by atoms with E-state index in [0.29, 0.717) is 12.1 Å². The van der Waals surface area contributed by atoms with Crippen LogP contribution in [0.15, 0.2) is 30.6 Å². The Balaban J connectivity index is 2.00. The molecule has 0 saturated carbocycles. The summed E-state index contributed by atoms with van der Waals surface area (Å²) >= 11 is 0. The van der Waals surface area contributed by atoms with Crippen LogP contribution in [-0.4, -0.2) is 22.9 Å². The number of benzene rings is 1. The fraction of sp³-hybridized carbons (Fsp3) is 0.308. The Hall–Kier alpha value is -2.02. The molecule has 1 aliphatic rings. The number of alkyl halides is 3. The van der Waals surface area contributed by atoms with E-state index in [1.807, 2.05) is 0 Å². The molecule has 1 aromatic carbocycles. The van der Waals surface area contributed by atoms with Crippen molar-refractivity contribution in [3.8, 4) is 5.75 Å². The fourth-order valence-electron chi connectivity index (χ4n) is 2.41. The summed E-state index contributed by atoms with van der Waals surface area (Å²) < 4.78 is 41.5. The largest absolute Gasteiger partial charge is 0.573 e. The van der Waals surface area contributed by atoms with Crippen molar-refractivity contribution >= 4 is 0 Å². The van der Waals surface area contributed by atoms with Crippen LogP contribution < -0.4 is 10.1 Å². The minimum atomic E-state index is -4.71. The van der Waals surface area contributed by atoms with Gasteiger partial charge < -0.3 is 15.0 Å². The second kappa shape index (κ2) is 4.82. The highest BCUT2D eigenvalue weighted by Crippen LogP contribution is 2.34. The number of fused-ring (bicyclic) bond motifs is 1. The van der Waals surface area contributed by atoms with Crippen molar-refractivity contribution in [2.45, 2.75) is 18.8 Å². The number of rotatable bonds is 2. The zero-order chi connectivity index (χ0) is 14.2. The van der Waals surface area contributed by atoms with Gasteiger partial charge in [0.2, 0.25) is 0 Å². The predicted octanol–water partition coefficient (Wildman–Crippen LogP) is 2.54. The Kier molecular flexibility index (Phi) is 3.13. The molecule has 3 rings (SSSR count). The number of aromatic nitrogens is 2. The van der Waals surface area contributed by atoms with E-state index >= 15 is 0 Å². The Morgan fingerprint density at radius 3 is 2.85 bits per heavy atom. The van der Waals surface area contributed by atoms with Crippen LogP contribution in [0.1, 0.15) is 23.0 Å². The third-order valence-electron chi connectivity index (χ3n) is 3.20. The van der Waals surface area contributed by atoms with E-state index in [4.69, 9.17) is 0 Å². The highest BCUT2D eigenvalue weighted by atomic mass is 19.4. The number of halogens is 3. The molecule has 0 amide bonds. The van der Waals surface area contributed by atoms with Crippen LogP contribution >= 0.6 is 0 Å². The molecule has 7 heteroatoms. The summed E-state index contributed by atoms with van der Waals surface area (Å²) in [6, 6.07) is 5.72. The van der Waals surface area contributed by atoms with Gasteiger partial charge in [-0.1, -0.05) is 18.2 Å². The molecule has 2 N–H and O–H groups in total. The highest BCUT2D eigenvalue weighted by Gasteiger charge is 2.34. The fourth-order valence-corrected chi connectivity index (χ4v) is 2.41. The van der Waals surface area contributed by atoms with E-state index < -0.39 is 12.4 Å². The van der Waals surface area contributed by atoms with Gasteiger partial charge in [0.05, 0.1) is 18.1 Å². The smallest absolute Gasteiger partial charge is 0.405 e. The number of para-hydroxylation sites is 1. The Labute approximate surface area is 113 Å². The predicted molar refractivity (Wildman–Crippen MR) is 65.3 cm³/mol. The average Bonchev–Trinajstić information content (AvgIpc) is 2.85. The van der Waals surface area contributed by atoms with Gasteiger partial charge >= 0.3 is 6.36 Å². The molecule has 4 nitrogen and oxygen atoms in total. The Morgan fingerprint density at radius 2 is 2.05 bits per heavy atom. The third kappa shape index (κ3) is 2.49. The van der Waals surface area contributed by atoms with Crippen molar-refractivity contribution in [1.29, 1.82) is 0 Å². The number of aromatic amines is 1. The minimum absolute atomic E-state index is 0.201. The summed E-state index contributed by atoms with van der Waals surface area (Å²) in [6.45, 7) is 0.667. The molecule has 1 aromatic heterocycles. The van der Waals surface area contributed by atoms with E-state index in [9.17, 15) is 13.2 Å². The first-order valence-corrected chi connectivity index (χ1v) is 6.15. The number of H-pyrrole nitrogens is 1. The zero-order valence-corrected chi connectivity index (χ0v) is 10.4. The summed E-state index contributed by atoms with van der Waals surface area (Å²) in [5.74, 6) is -0.201. The van der Waals surface area contributed by atoms with Crippen LogP contribution in [-0.2, 0) is 6.42 Å². The second-order valence-corrected chi connectivity index (χ2v) is 4.49. The zero-order valence-electron chi connectivity index (χ0n) is 10.4. The lowest BCUT2D eigenvalue weighted by atomic mass is 9.97. The summed E-state index contributed by atoms with van der Waals surface area (Å²) in [5.41, 5.74) is 2.09. The lowest BCUT2D eigenvalue weighted by molar-refractivity contribution is -0.275. The van der Waals surface area contributed by atoms with Gasteiger partial charge in [-0.25, -0.2) is 4.98 Å². The van der Waals surface area contributed by atoms with E-state index in [2.05, 4.69) is 20.0 Å². The number of nitrogens with one attached hydrogen (secondary N) is 2. The molecule has 1 aliphatic heterocycles. The summed E-state index contributed by atoms with van der Waals surface area (Å²) in [5, 5.41) is 3.17. The van der Waals surface area contributed by atoms with Crippen LogP contribution in [0.4, 0.5) is 13.2 Å². The van der Waals surface area contributed by atoms with Crippen LogP contribution in [0.25, 0.3) is 0 Å². The second-order valence-electron chi connectivity index (χ2n) is 4.49. The van der Waals surface area contributed by atoms with Gasteiger partial charge in [0.25, 0.3) is 0 Å². The number of imidazole rings is 1. The minimum Gasteiger partial charge on any atom is -0.405 e. The lowest BCUT2D eigenvalue weighted by Crippen LogP contribution is -2.31. The molecular weight excluding hydrogens is 271 g/mol. The molecule has 0 saturated heterocycles. The molecule has 20 heavy (non-hydrogen) atoms. The van der Waals surface area contributed by atoms with E-state index in [1.54, 1.807) is 18.5 Å². The number of hydrogen-bond donors (Lipinski definition) is 2. The van der Waals surface area contributed by atoms with Crippen LogP contribution in [0.5, 0.6) is 5.75 Å². The molecule has 0 radical (unpaired) electrons. The molecule has 0 spiro atoms. The van der Waals surface area contributed by atoms with Gasteiger partial charge in [-0.2, -0.15) is 0 Å². The van der Waals surface area contributed by atoms with E-state index in [-0.39, 0.29) is 5.75 Å². The first kappa shape index (κ1) is 13.0. The Morgan fingerprint density at radius 1 is 1.25 bits per heavy atom. The van der Waals surface area contributed by atoms with E-state index in [0.717, 1.165) is 17.8 Å². The molecule has 2 heterocycles.